The average Bonchev–Trinajstić information content (AvgIpc) is 2.26. The van der Waals surface area contributed by atoms with E-state index in [2.05, 4.69) is 22.6 Å². The Balaban J connectivity index is 2.49. The molecule has 0 saturated heterocycles. The van der Waals surface area contributed by atoms with Crippen molar-refractivity contribution in [2.24, 2.45) is 0 Å². The van der Waals surface area contributed by atoms with Crippen molar-refractivity contribution in [3.8, 4) is 11.8 Å². The molecule has 14 heavy (non-hydrogen) atoms. The maximum absolute atomic E-state index is 9.24. The van der Waals surface area contributed by atoms with Gasteiger partial charge in [0.2, 0.25) is 0 Å². The summed E-state index contributed by atoms with van der Waals surface area (Å²) in [5, 5.41) is 17.8. The van der Waals surface area contributed by atoms with Gasteiger partial charge in [0.05, 0.1) is 17.7 Å². The van der Waals surface area contributed by atoms with Crippen LogP contribution in [0.5, 0.6) is 5.75 Å². The number of halogens is 1. The van der Waals surface area contributed by atoms with Gasteiger partial charge in [-0.25, -0.2) is 0 Å². The van der Waals surface area contributed by atoms with Crippen molar-refractivity contribution in [3.05, 3.63) is 29.8 Å². The van der Waals surface area contributed by atoms with E-state index in [0.717, 1.165) is 0 Å². The summed E-state index contributed by atoms with van der Waals surface area (Å²) in [6.45, 7) is 0.287. The number of alkyl halides is 1. The molecule has 0 aliphatic carbocycles. The Kier molecular flexibility index (Phi) is 4.70. The minimum Gasteiger partial charge on any atom is -0.491 e. The van der Waals surface area contributed by atoms with Gasteiger partial charge in [0.1, 0.15) is 12.4 Å². The number of nitrogens with zero attached hydrogens (tertiary/aromatic N) is 1. The fourth-order valence-corrected chi connectivity index (χ4v) is 1.12. The third-order valence-corrected chi connectivity index (χ3v) is 2.62. The van der Waals surface area contributed by atoms with Crippen molar-refractivity contribution in [1.82, 2.24) is 0 Å². The molecular formula is C10H10INO2. The monoisotopic (exact) mass is 303 g/mol. The molecule has 1 aromatic carbocycles. The van der Waals surface area contributed by atoms with Gasteiger partial charge in [-0.05, 0) is 24.3 Å². The lowest BCUT2D eigenvalue weighted by molar-refractivity contribution is 0.128. The molecule has 0 spiro atoms. The molecule has 1 rings (SSSR count). The summed E-state index contributed by atoms with van der Waals surface area (Å²) in [5.41, 5.74) is 0.604. The summed E-state index contributed by atoms with van der Waals surface area (Å²) < 4.78 is 5.94. The molecule has 0 heterocycles. The normalized spacial score (nSPS) is 11.8. The highest BCUT2D eigenvalue weighted by molar-refractivity contribution is 14.1. The number of rotatable bonds is 4. The van der Waals surface area contributed by atoms with Gasteiger partial charge in [0.25, 0.3) is 0 Å². The van der Waals surface area contributed by atoms with Crippen molar-refractivity contribution in [1.29, 1.82) is 5.26 Å². The van der Waals surface area contributed by atoms with Crippen molar-refractivity contribution in [2.45, 2.75) is 6.10 Å². The second kappa shape index (κ2) is 5.83. The molecule has 0 amide bonds. The maximum atomic E-state index is 9.24. The van der Waals surface area contributed by atoms with Crippen LogP contribution in [0, 0.1) is 11.3 Å². The number of nitriles is 1. The number of benzene rings is 1. The van der Waals surface area contributed by atoms with Crippen LogP contribution >= 0.6 is 22.6 Å². The summed E-state index contributed by atoms with van der Waals surface area (Å²) in [6.07, 6.45) is -0.439. The molecule has 0 fully saturated rings. The minimum absolute atomic E-state index is 0.287. The Bertz CT molecular complexity index is 318. The van der Waals surface area contributed by atoms with E-state index < -0.39 is 6.10 Å². The Hall–Kier alpha value is -0.800. The van der Waals surface area contributed by atoms with Crippen LogP contribution in [0.4, 0.5) is 0 Å². The standard InChI is InChI=1S/C10H10INO2/c11-5-9(13)7-14-10-3-1-8(6-12)2-4-10/h1-4,9,13H,5,7H2. The number of aliphatic hydroxyl groups excluding tert-OH is 1. The number of hydrogen-bond acceptors (Lipinski definition) is 3. The Labute approximate surface area is 96.5 Å². The molecule has 0 saturated carbocycles. The zero-order chi connectivity index (χ0) is 10.4. The van der Waals surface area contributed by atoms with E-state index >= 15 is 0 Å². The molecule has 1 atom stereocenters. The lowest BCUT2D eigenvalue weighted by Crippen LogP contribution is -2.18. The molecule has 0 aromatic heterocycles. The van der Waals surface area contributed by atoms with Crippen LogP contribution in [0.1, 0.15) is 5.56 Å². The van der Waals surface area contributed by atoms with E-state index in [1.165, 1.54) is 0 Å². The van der Waals surface area contributed by atoms with Gasteiger partial charge < -0.3 is 9.84 Å². The summed E-state index contributed by atoms with van der Waals surface area (Å²) in [7, 11) is 0. The first kappa shape index (κ1) is 11.3. The quantitative estimate of drug-likeness (QED) is 0.681. The predicted molar refractivity (Wildman–Crippen MR) is 61.5 cm³/mol. The molecule has 1 N–H and O–H groups in total. The summed E-state index contributed by atoms with van der Waals surface area (Å²) >= 11 is 2.09. The predicted octanol–water partition coefficient (Wildman–Crippen LogP) is 1.73. The van der Waals surface area contributed by atoms with Gasteiger partial charge in [-0.15, -0.1) is 0 Å². The third-order valence-electron chi connectivity index (χ3n) is 1.60. The van der Waals surface area contributed by atoms with Gasteiger partial charge in [0, 0.05) is 4.43 Å². The molecule has 0 aliphatic rings. The zero-order valence-corrected chi connectivity index (χ0v) is 9.64. The van der Waals surface area contributed by atoms with Gasteiger partial charge >= 0.3 is 0 Å². The molecule has 0 bridgehead atoms. The highest BCUT2D eigenvalue weighted by Crippen LogP contribution is 2.11. The second-order valence-corrected chi connectivity index (χ2v) is 3.64. The average molecular weight is 303 g/mol. The highest BCUT2D eigenvalue weighted by Gasteiger charge is 2.02. The van der Waals surface area contributed by atoms with E-state index in [4.69, 9.17) is 10.00 Å². The largest absolute Gasteiger partial charge is 0.491 e. The summed E-state index contributed by atoms with van der Waals surface area (Å²) in [6, 6.07) is 8.84. The second-order valence-electron chi connectivity index (χ2n) is 2.76. The third kappa shape index (κ3) is 3.52. The van der Waals surface area contributed by atoms with E-state index in [1.807, 2.05) is 6.07 Å². The zero-order valence-electron chi connectivity index (χ0n) is 7.48. The van der Waals surface area contributed by atoms with E-state index in [9.17, 15) is 5.11 Å². The number of ether oxygens (including phenoxy) is 1. The van der Waals surface area contributed by atoms with Crippen LogP contribution in [-0.4, -0.2) is 22.2 Å². The summed E-state index contributed by atoms with van der Waals surface area (Å²) in [4.78, 5) is 0. The van der Waals surface area contributed by atoms with Crippen molar-refractivity contribution < 1.29 is 9.84 Å². The minimum atomic E-state index is -0.439. The molecule has 0 radical (unpaired) electrons. The molecular weight excluding hydrogens is 293 g/mol. The molecule has 74 valence electrons. The van der Waals surface area contributed by atoms with Crippen molar-refractivity contribution in [3.63, 3.8) is 0 Å². The van der Waals surface area contributed by atoms with Gasteiger partial charge in [0.15, 0.2) is 0 Å². The van der Waals surface area contributed by atoms with Crippen LogP contribution in [0.3, 0.4) is 0 Å². The molecule has 0 aliphatic heterocycles. The van der Waals surface area contributed by atoms with Crippen LogP contribution in [-0.2, 0) is 0 Å². The van der Waals surface area contributed by atoms with Gasteiger partial charge in [-0.1, -0.05) is 22.6 Å². The first-order valence-corrected chi connectivity index (χ1v) is 5.66. The lowest BCUT2D eigenvalue weighted by atomic mass is 10.2. The Morgan fingerprint density at radius 2 is 2.07 bits per heavy atom. The SMILES string of the molecule is N#Cc1ccc(OCC(O)CI)cc1. The topological polar surface area (TPSA) is 53.2 Å². The van der Waals surface area contributed by atoms with Crippen LogP contribution in [0.15, 0.2) is 24.3 Å². The first-order chi connectivity index (χ1) is 6.76. The highest BCUT2D eigenvalue weighted by atomic mass is 127. The van der Waals surface area contributed by atoms with Crippen LogP contribution < -0.4 is 4.74 Å². The molecule has 1 aromatic rings. The Morgan fingerprint density at radius 1 is 1.43 bits per heavy atom. The fourth-order valence-electron chi connectivity index (χ4n) is 0.863. The number of aliphatic hydroxyl groups is 1. The first-order valence-electron chi connectivity index (χ1n) is 4.13. The van der Waals surface area contributed by atoms with E-state index in [0.29, 0.717) is 15.7 Å². The lowest BCUT2D eigenvalue weighted by Gasteiger charge is -2.09. The summed E-state index contributed by atoms with van der Waals surface area (Å²) in [5.74, 6) is 0.674. The molecule has 4 heteroatoms. The Morgan fingerprint density at radius 3 is 2.57 bits per heavy atom. The van der Waals surface area contributed by atoms with E-state index in [1.54, 1.807) is 24.3 Å². The van der Waals surface area contributed by atoms with Gasteiger partial charge in [-0.2, -0.15) is 5.26 Å². The van der Waals surface area contributed by atoms with Crippen molar-refractivity contribution >= 4 is 22.6 Å². The maximum Gasteiger partial charge on any atom is 0.119 e. The van der Waals surface area contributed by atoms with E-state index in [-0.39, 0.29) is 6.61 Å². The molecule has 1 unspecified atom stereocenters. The smallest absolute Gasteiger partial charge is 0.119 e. The number of hydrogen-bond donors (Lipinski definition) is 1. The molecule has 3 nitrogen and oxygen atoms in total. The van der Waals surface area contributed by atoms with Crippen molar-refractivity contribution in [2.75, 3.05) is 11.0 Å². The van der Waals surface area contributed by atoms with Crippen LogP contribution in [0.25, 0.3) is 0 Å². The van der Waals surface area contributed by atoms with Gasteiger partial charge in [-0.3, -0.25) is 0 Å². The fraction of sp³-hybridized carbons (Fsp3) is 0.300. The van der Waals surface area contributed by atoms with Crippen LogP contribution in [0.2, 0.25) is 0 Å².